The number of hydrogen-bond donors (Lipinski definition) is 3. The largest absolute Gasteiger partial charge is 0.368 e. The number of thiophene rings is 1. The third-order valence-electron chi connectivity index (χ3n) is 4.72. The topological polar surface area (TPSA) is 78.9 Å². The molecule has 0 bridgehead atoms. The molecule has 0 radical (unpaired) electrons. The molecule has 4 rings (SSSR count). The van der Waals surface area contributed by atoms with Gasteiger partial charge in [-0.3, -0.25) is 4.79 Å². The molecule has 158 valence electrons. The highest BCUT2D eigenvalue weighted by molar-refractivity contribution is 7.17. The zero-order valence-electron chi connectivity index (χ0n) is 17.0. The first-order chi connectivity index (χ1) is 15.1. The molecule has 6 nitrogen and oxygen atoms in total. The standard InChI is InChI=1S/C23H22FN5OS/c1-15(30)29-19-8-2-16(3-9-19)12-25-10-11-26-22-21-20(13-31-23(21)28-14-27-22)17-4-6-18(24)7-5-17/h2-9,13-14,25H,10-12H2,1H3,(H,29,30)(H,26,27,28). The summed E-state index contributed by atoms with van der Waals surface area (Å²) in [5, 5.41) is 12.5. The van der Waals surface area contributed by atoms with Crippen molar-refractivity contribution in [2.24, 2.45) is 0 Å². The summed E-state index contributed by atoms with van der Waals surface area (Å²) in [5.41, 5.74) is 3.86. The molecule has 0 aliphatic rings. The van der Waals surface area contributed by atoms with Crippen LogP contribution in [-0.2, 0) is 11.3 Å². The van der Waals surface area contributed by atoms with E-state index in [2.05, 4.69) is 25.9 Å². The van der Waals surface area contributed by atoms with E-state index >= 15 is 0 Å². The second-order valence-corrected chi connectivity index (χ2v) is 7.90. The number of benzene rings is 2. The number of anilines is 2. The van der Waals surface area contributed by atoms with Crippen molar-refractivity contribution in [2.45, 2.75) is 13.5 Å². The fourth-order valence-corrected chi connectivity index (χ4v) is 4.18. The molecule has 0 saturated heterocycles. The SMILES string of the molecule is CC(=O)Nc1ccc(CNCCNc2ncnc3scc(-c4ccc(F)cc4)c23)cc1. The summed E-state index contributed by atoms with van der Waals surface area (Å²) in [7, 11) is 0. The van der Waals surface area contributed by atoms with Crippen LogP contribution < -0.4 is 16.0 Å². The lowest BCUT2D eigenvalue weighted by Gasteiger charge is -2.10. The smallest absolute Gasteiger partial charge is 0.221 e. The minimum absolute atomic E-state index is 0.0796. The molecular formula is C23H22FN5OS. The van der Waals surface area contributed by atoms with Gasteiger partial charge < -0.3 is 16.0 Å². The normalized spacial score (nSPS) is 10.9. The maximum Gasteiger partial charge on any atom is 0.221 e. The summed E-state index contributed by atoms with van der Waals surface area (Å²) in [6.45, 7) is 3.65. The monoisotopic (exact) mass is 435 g/mol. The van der Waals surface area contributed by atoms with E-state index in [9.17, 15) is 9.18 Å². The number of fused-ring (bicyclic) bond motifs is 1. The van der Waals surface area contributed by atoms with Crippen LogP contribution in [0.3, 0.4) is 0 Å². The lowest BCUT2D eigenvalue weighted by molar-refractivity contribution is -0.114. The van der Waals surface area contributed by atoms with E-state index in [0.717, 1.165) is 51.5 Å². The van der Waals surface area contributed by atoms with Gasteiger partial charge in [0.1, 0.15) is 22.8 Å². The minimum atomic E-state index is -0.256. The van der Waals surface area contributed by atoms with Gasteiger partial charge in [-0.2, -0.15) is 0 Å². The molecule has 0 fully saturated rings. The zero-order valence-corrected chi connectivity index (χ0v) is 17.8. The molecule has 0 aliphatic heterocycles. The van der Waals surface area contributed by atoms with Gasteiger partial charge >= 0.3 is 0 Å². The molecule has 0 unspecified atom stereocenters. The Kier molecular flexibility index (Phi) is 6.49. The van der Waals surface area contributed by atoms with Crippen LogP contribution in [0.4, 0.5) is 15.9 Å². The summed E-state index contributed by atoms with van der Waals surface area (Å²) in [6, 6.07) is 14.2. The van der Waals surface area contributed by atoms with Gasteiger partial charge in [0.15, 0.2) is 0 Å². The van der Waals surface area contributed by atoms with Gasteiger partial charge in [0.25, 0.3) is 0 Å². The Morgan fingerprint density at radius 2 is 1.81 bits per heavy atom. The van der Waals surface area contributed by atoms with E-state index in [0.29, 0.717) is 6.54 Å². The molecule has 0 saturated carbocycles. The second-order valence-electron chi connectivity index (χ2n) is 7.04. The molecule has 31 heavy (non-hydrogen) atoms. The summed E-state index contributed by atoms with van der Waals surface area (Å²) >= 11 is 1.55. The number of halogens is 1. The Morgan fingerprint density at radius 3 is 2.55 bits per heavy atom. The van der Waals surface area contributed by atoms with E-state index in [1.807, 2.05) is 29.6 Å². The van der Waals surface area contributed by atoms with E-state index < -0.39 is 0 Å². The van der Waals surface area contributed by atoms with Crippen LogP contribution in [0.15, 0.2) is 60.2 Å². The van der Waals surface area contributed by atoms with Crippen LogP contribution in [0.1, 0.15) is 12.5 Å². The van der Waals surface area contributed by atoms with Gasteiger partial charge in [-0.1, -0.05) is 24.3 Å². The van der Waals surface area contributed by atoms with Crippen molar-refractivity contribution in [1.29, 1.82) is 0 Å². The van der Waals surface area contributed by atoms with E-state index in [1.165, 1.54) is 19.1 Å². The lowest BCUT2D eigenvalue weighted by Crippen LogP contribution is -2.22. The van der Waals surface area contributed by atoms with Crippen LogP contribution in [0.25, 0.3) is 21.3 Å². The van der Waals surface area contributed by atoms with Gasteiger partial charge in [-0.05, 0) is 35.4 Å². The molecule has 4 aromatic rings. The molecule has 8 heteroatoms. The molecule has 3 N–H and O–H groups in total. The predicted octanol–water partition coefficient (Wildman–Crippen LogP) is 4.66. The van der Waals surface area contributed by atoms with Gasteiger partial charge in [0, 0.05) is 43.2 Å². The average molecular weight is 436 g/mol. The van der Waals surface area contributed by atoms with Gasteiger partial charge in [-0.25, -0.2) is 14.4 Å². The molecule has 0 atom stereocenters. The molecule has 0 aliphatic carbocycles. The Labute approximate surface area is 183 Å². The van der Waals surface area contributed by atoms with Crippen molar-refractivity contribution < 1.29 is 9.18 Å². The maximum atomic E-state index is 13.3. The number of amides is 1. The highest BCUT2D eigenvalue weighted by Gasteiger charge is 2.13. The minimum Gasteiger partial charge on any atom is -0.368 e. The number of nitrogens with zero attached hydrogens (tertiary/aromatic N) is 2. The van der Waals surface area contributed by atoms with E-state index in [4.69, 9.17) is 0 Å². The van der Waals surface area contributed by atoms with Crippen molar-refractivity contribution in [2.75, 3.05) is 23.7 Å². The Morgan fingerprint density at radius 1 is 1.03 bits per heavy atom. The fourth-order valence-electron chi connectivity index (χ4n) is 3.26. The van der Waals surface area contributed by atoms with Crippen molar-refractivity contribution in [3.8, 4) is 11.1 Å². The Bertz CT molecular complexity index is 1180. The van der Waals surface area contributed by atoms with Gasteiger partial charge in [-0.15, -0.1) is 11.3 Å². The van der Waals surface area contributed by atoms with Crippen LogP contribution >= 0.6 is 11.3 Å². The number of carbonyl (C=O) groups is 1. The molecular weight excluding hydrogens is 413 g/mol. The molecule has 2 aromatic carbocycles. The third-order valence-corrected chi connectivity index (χ3v) is 5.61. The summed E-state index contributed by atoms with van der Waals surface area (Å²) in [4.78, 5) is 20.8. The zero-order chi connectivity index (χ0) is 21.6. The second kappa shape index (κ2) is 9.63. The van der Waals surface area contributed by atoms with Crippen molar-refractivity contribution >= 4 is 39.0 Å². The van der Waals surface area contributed by atoms with E-state index in [-0.39, 0.29) is 11.7 Å². The highest BCUT2D eigenvalue weighted by Crippen LogP contribution is 2.36. The number of hydrogen-bond acceptors (Lipinski definition) is 6. The Balaban J connectivity index is 1.35. The van der Waals surface area contributed by atoms with Crippen LogP contribution in [0.5, 0.6) is 0 Å². The molecule has 2 heterocycles. The van der Waals surface area contributed by atoms with Crippen LogP contribution in [0.2, 0.25) is 0 Å². The number of carbonyl (C=O) groups excluding carboxylic acids is 1. The number of rotatable bonds is 8. The molecule has 0 spiro atoms. The summed E-state index contributed by atoms with van der Waals surface area (Å²) in [5.74, 6) is 0.435. The van der Waals surface area contributed by atoms with Crippen molar-refractivity contribution in [1.82, 2.24) is 15.3 Å². The molecule has 2 aromatic heterocycles. The van der Waals surface area contributed by atoms with Crippen molar-refractivity contribution in [3.63, 3.8) is 0 Å². The molecule has 1 amide bonds. The van der Waals surface area contributed by atoms with E-state index in [1.54, 1.807) is 29.8 Å². The Hall–Kier alpha value is -3.36. The highest BCUT2D eigenvalue weighted by atomic mass is 32.1. The van der Waals surface area contributed by atoms with Crippen LogP contribution in [-0.4, -0.2) is 29.0 Å². The number of aromatic nitrogens is 2. The average Bonchev–Trinajstić information content (AvgIpc) is 3.20. The first kappa shape index (κ1) is 20.9. The number of nitrogens with one attached hydrogen (secondary N) is 3. The van der Waals surface area contributed by atoms with Crippen molar-refractivity contribution in [3.05, 3.63) is 71.6 Å². The summed E-state index contributed by atoms with van der Waals surface area (Å²) < 4.78 is 13.3. The first-order valence-corrected chi connectivity index (χ1v) is 10.8. The lowest BCUT2D eigenvalue weighted by atomic mass is 10.1. The first-order valence-electron chi connectivity index (χ1n) is 9.89. The van der Waals surface area contributed by atoms with Gasteiger partial charge in [0.2, 0.25) is 5.91 Å². The fraction of sp³-hybridized carbons (Fsp3) is 0.174. The predicted molar refractivity (Wildman–Crippen MR) is 124 cm³/mol. The quantitative estimate of drug-likeness (QED) is 0.351. The summed E-state index contributed by atoms with van der Waals surface area (Å²) in [6.07, 6.45) is 1.56. The third kappa shape index (κ3) is 5.22. The van der Waals surface area contributed by atoms with Crippen LogP contribution in [0, 0.1) is 5.82 Å². The maximum absolute atomic E-state index is 13.3. The van der Waals surface area contributed by atoms with Gasteiger partial charge in [0.05, 0.1) is 5.39 Å².